The van der Waals surface area contributed by atoms with Crippen LogP contribution in [0.2, 0.25) is 0 Å². The highest BCUT2D eigenvalue weighted by molar-refractivity contribution is 6.37. The molecule has 0 aromatic heterocycles. The van der Waals surface area contributed by atoms with Crippen LogP contribution in [-0.4, -0.2) is 56.0 Å². The summed E-state index contributed by atoms with van der Waals surface area (Å²) >= 11 is 0. The number of anilines is 1. The van der Waals surface area contributed by atoms with Crippen LogP contribution in [0.5, 0.6) is 0 Å². The van der Waals surface area contributed by atoms with Crippen LogP contribution in [0.25, 0.3) is 5.57 Å². The van der Waals surface area contributed by atoms with Gasteiger partial charge in [0, 0.05) is 29.9 Å². The third-order valence-corrected chi connectivity index (χ3v) is 4.99. The lowest BCUT2D eigenvalue weighted by molar-refractivity contribution is -0.111. The normalized spacial score (nSPS) is 15.9. The number of hydrogen-bond acceptors (Lipinski definition) is 6. The molecule has 2 aliphatic rings. The van der Waals surface area contributed by atoms with Gasteiger partial charge in [-0.2, -0.15) is 0 Å². The van der Waals surface area contributed by atoms with E-state index in [9.17, 15) is 14.4 Å². The van der Waals surface area contributed by atoms with Crippen LogP contribution in [-0.2, 0) is 14.3 Å². The first-order chi connectivity index (χ1) is 14.1. The summed E-state index contributed by atoms with van der Waals surface area (Å²) in [5, 5.41) is 2.82. The fourth-order valence-corrected chi connectivity index (χ4v) is 3.62. The zero-order valence-electron chi connectivity index (χ0n) is 15.9. The Morgan fingerprint density at radius 1 is 1.03 bits per heavy atom. The van der Waals surface area contributed by atoms with Crippen molar-refractivity contribution in [2.45, 2.75) is 0 Å². The number of benzene rings is 2. The van der Waals surface area contributed by atoms with Crippen molar-refractivity contribution < 1.29 is 23.9 Å². The molecule has 148 valence electrons. The molecule has 0 unspecified atom stereocenters. The van der Waals surface area contributed by atoms with E-state index in [1.807, 2.05) is 4.90 Å². The quantitative estimate of drug-likeness (QED) is 0.804. The maximum Gasteiger partial charge on any atom is 0.337 e. The highest BCUT2D eigenvalue weighted by atomic mass is 16.5. The van der Waals surface area contributed by atoms with E-state index in [2.05, 4.69) is 5.32 Å². The molecule has 29 heavy (non-hydrogen) atoms. The van der Waals surface area contributed by atoms with E-state index in [1.54, 1.807) is 48.5 Å². The van der Waals surface area contributed by atoms with Crippen molar-refractivity contribution in [1.82, 2.24) is 4.90 Å². The van der Waals surface area contributed by atoms with Gasteiger partial charge in [-0.3, -0.25) is 9.59 Å². The Balaban J connectivity index is 1.71. The van der Waals surface area contributed by atoms with Crippen molar-refractivity contribution in [3.05, 3.63) is 70.9 Å². The predicted molar refractivity (Wildman–Crippen MR) is 106 cm³/mol. The van der Waals surface area contributed by atoms with Crippen LogP contribution in [0.1, 0.15) is 26.3 Å². The summed E-state index contributed by atoms with van der Waals surface area (Å²) in [6.07, 6.45) is 0. The number of fused-ring (bicyclic) bond motifs is 1. The minimum Gasteiger partial charge on any atom is -0.465 e. The Hall–Kier alpha value is -3.45. The summed E-state index contributed by atoms with van der Waals surface area (Å²) in [7, 11) is 1.30. The van der Waals surface area contributed by atoms with Crippen molar-refractivity contribution >= 4 is 28.9 Å². The van der Waals surface area contributed by atoms with E-state index in [0.717, 1.165) is 0 Å². The van der Waals surface area contributed by atoms with Crippen molar-refractivity contribution in [1.29, 1.82) is 0 Å². The van der Waals surface area contributed by atoms with Gasteiger partial charge in [0.1, 0.15) is 0 Å². The van der Waals surface area contributed by atoms with E-state index in [1.165, 1.54) is 7.11 Å². The molecule has 1 saturated heterocycles. The molecule has 2 aromatic carbocycles. The molecule has 7 nitrogen and oxygen atoms in total. The summed E-state index contributed by atoms with van der Waals surface area (Å²) in [5.41, 5.74) is 2.65. The number of amides is 1. The van der Waals surface area contributed by atoms with E-state index < -0.39 is 11.9 Å². The van der Waals surface area contributed by atoms with E-state index in [-0.39, 0.29) is 5.78 Å². The lowest BCUT2D eigenvalue weighted by atomic mass is 10.0. The standard InChI is InChI=1S/C22H20N2O5/c1-28-22(27)14-5-4-6-15(13-14)23-21(26)18-16-7-2-3-8-17(16)20(25)19(18)24-9-11-29-12-10-24/h2-8,13H,9-12H2,1H3,(H,23,26). The maximum atomic E-state index is 13.2. The molecule has 2 aromatic rings. The number of esters is 1. The second kappa shape index (κ2) is 7.89. The van der Waals surface area contributed by atoms with Gasteiger partial charge >= 0.3 is 5.97 Å². The molecule has 1 fully saturated rings. The maximum absolute atomic E-state index is 13.2. The fourth-order valence-electron chi connectivity index (χ4n) is 3.62. The summed E-state index contributed by atoms with van der Waals surface area (Å²) in [5.74, 6) is -1.04. The lowest BCUT2D eigenvalue weighted by Gasteiger charge is -2.29. The highest BCUT2D eigenvalue weighted by Gasteiger charge is 2.36. The monoisotopic (exact) mass is 392 g/mol. The SMILES string of the molecule is COC(=O)c1cccc(NC(=O)C2=C(N3CCOCC3)C(=O)c3ccccc32)c1. The molecule has 0 atom stereocenters. The number of morpholine rings is 1. The third kappa shape index (κ3) is 3.52. The van der Waals surface area contributed by atoms with Crippen LogP contribution in [0.4, 0.5) is 5.69 Å². The van der Waals surface area contributed by atoms with Crippen LogP contribution in [0.3, 0.4) is 0 Å². The number of nitrogens with zero attached hydrogens (tertiary/aromatic N) is 1. The molecule has 0 spiro atoms. The average Bonchev–Trinajstić information content (AvgIpc) is 3.07. The summed E-state index contributed by atoms with van der Waals surface area (Å²) < 4.78 is 10.1. The molecule has 1 aliphatic carbocycles. The molecule has 7 heteroatoms. The largest absolute Gasteiger partial charge is 0.465 e. The number of ether oxygens (including phenoxy) is 2. The first kappa shape index (κ1) is 18.9. The van der Waals surface area contributed by atoms with Crippen molar-refractivity contribution in [2.75, 3.05) is 38.7 Å². The average molecular weight is 392 g/mol. The second-order valence-electron chi connectivity index (χ2n) is 6.72. The molecule has 0 saturated carbocycles. The van der Waals surface area contributed by atoms with Gasteiger partial charge < -0.3 is 19.7 Å². The smallest absolute Gasteiger partial charge is 0.337 e. The van der Waals surface area contributed by atoms with Crippen LogP contribution in [0, 0.1) is 0 Å². The number of ketones is 1. The number of carbonyl (C=O) groups excluding carboxylic acids is 3. The molecule has 4 rings (SSSR count). The van der Waals surface area contributed by atoms with Crippen LogP contribution >= 0.6 is 0 Å². The van der Waals surface area contributed by atoms with E-state index in [4.69, 9.17) is 9.47 Å². The molecule has 0 bridgehead atoms. The number of Topliss-reactive ketones (excluding diaryl/α,β-unsaturated/α-hetero) is 1. The highest BCUT2D eigenvalue weighted by Crippen LogP contribution is 2.35. The molecular weight excluding hydrogens is 372 g/mol. The number of rotatable bonds is 4. The Morgan fingerprint density at radius 2 is 1.76 bits per heavy atom. The Morgan fingerprint density at radius 3 is 2.48 bits per heavy atom. The van der Waals surface area contributed by atoms with Gasteiger partial charge in [-0.25, -0.2) is 4.79 Å². The van der Waals surface area contributed by atoms with Gasteiger partial charge in [0.2, 0.25) is 5.78 Å². The van der Waals surface area contributed by atoms with E-state index >= 15 is 0 Å². The van der Waals surface area contributed by atoms with Crippen molar-refractivity contribution in [3.8, 4) is 0 Å². The van der Waals surface area contributed by atoms with E-state index in [0.29, 0.717) is 60.0 Å². The van der Waals surface area contributed by atoms with Gasteiger partial charge in [-0.1, -0.05) is 30.3 Å². The zero-order valence-corrected chi connectivity index (χ0v) is 15.9. The van der Waals surface area contributed by atoms with Gasteiger partial charge in [0.15, 0.2) is 0 Å². The van der Waals surface area contributed by atoms with Gasteiger partial charge in [-0.15, -0.1) is 0 Å². The van der Waals surface area contributed by atoms with Crippen LogP contribution in [0.15, 0.2) is 54.2 Å². The zero-order chi connectivity index (χ0) is 20.4. The third-order valence-electron chi connectivity index (χ3n) is 4.99. The first-order valence-electron chi connectivity index (χ1n) is 9.31. The summed E-state index contributed by atoms with van der Waals surface area (Å²) in [6, 6.07) is 13.6. The number of nitrogens with one attached hydrogen (secondary N) is 1. The summed E-state index contributed by atoms with van der Waals surface area (Å²) in [6.45, 7) is 2.10. The molecule has 1 N–H and O–H groups in total. The van der Waals surface area contributed by atoms with Crippen molar-refractivity contribution in [2.24, 2.45) is 0 Å². The molecule has 1 aliphatic heterocycles. The van der Waals surface area contributed by atoms with Crippen molar-refractivity contribution in [3.63, 3.8) is 0 Å². The number of methoxy groups -OCH3 is 1. The van der Waals surface area contributed by atoms with Gasteiger partial charge in [-0.05, 0) is 18.2 Å². The fraction of sp³-hybridized carbons (Fsp3) is 0.227. The van der Waals surface area contributed by atoms with Gasteiger partial charge in [0.25, 0.3) is 5.91 Å². The second-order valence-corrected chi connectivity index (χ2v) is 6.72. The Kier molecular flexibility index (Phi) is 5.14. The minimum atomic E-state index is -0.490. The predicted octanol–water partition coefficient (Wildman–Crippen LogP) is 2.35. The molecule has 1 amide bonds. The molecule has 0 radical (unpaired) electrons. The van der Waals surface area contributed by atoms with Crippen LogP contribution < -0.4 is 5.32 Å². The number of hydrogen-bond donors (Lipinski definition) is 1. The Bertz CT molecular complexity index is 1020. The lowest BCUT2D eigenvalue weighted by Crippen LogP contribution is -2.38. The molecular formula is C22H20N2O5. The Labute approximate surface area is 167 Å². The van der Waals surface area contributed by atoms with Gasteiger partial charge in [0.05, 0.1) is 37.2 Å². The summed E-state index contributed by atoms with van der Waals surface area (Å²) in [4.78, 5) is 40.0. The minimum absolute atomic E-state index is 0.157. The molecule has 1 heterocycles. The topological polar surface area (TPSA) is 84.9 Å². The number of allylic oxidation sites excluding steroid dienone is 1. The first-order valence-corrected chi connectivity index (χ1v) is 9.31. The number of carbonyl (C=O) groups is 3.